The first-order chi connectivity index (χ1) is 21.4. The van der Waals surface area contributed by atoms with Crippen molar-refractivity contribution in [2.75, 3.05) is 49.7 Å². The van der Waals surface area contributed by atoms with Gasteiger partial charge in [0, 0.05) is 32.0 Å². The molecule has 0 unspecified atom stereocenters. The highest BCUT2D eigenvalue weighted by Gasteiger charge is 2.53. The molecule has 18 heteroatoms. The van der Waals surface area contributed by atoms with Crippen molar-refractivity contribution in [3.8, 4) is 5.75 Å². The molecule has 0 aliphatic carbocycles. The Labute approximate surface area is 259 Å². The van der Waals surface area contributed by atoms with Gasteiger partial charge in [0.2, 0.25) is 0 Å². The number of carbonyl (C=O) groups is 4. The number of hydroxylamine groups is 1. The van der Waals surface area contributed by atoms with Crippen molar-refractivity contribution in [1.82, 2.24) is 19.7 Å². The summed E-state index contributed by atoms with van der Waals surface area (Å²) in [6, 6.07) is 3.98. The van der Waals surface area contributed by atoms with Crippen LogP contribution < -0.4 is 14.7 Å². The van der Waals surface area contributed by atoms with Gasteiger partial charge in [-0.05, 0) is 76.3 Å². The van der Waals surface area contributed by atoms with E-state index < -0.39 is 65.6 Å². The minimum absolute atomic E-state index is 0.0177. The van der Waals surface area contributed by atoms with E-state index in [0.717, 1.165) is 11.0 Å². The lowest BCUT2D eigenvalue weighted by atomic mass is 10.0. The molecule has 250 valence electrons. The first-order valence-electron chi connectivity index (χ1n) is 13.9. The number of rotatable bonds is 7. The zero-order valence-electron chi connectivity index (χ0n) is 24.9. The summed E-state index contributed by atoms with van der Waals surface area (Å²) < 4.78 is 84.1. The number of hydrogen-bond donors (Lipinski definition) is 0. The quantitative estimate of drug-likeness (QED) is 0.249. The Bertz CT molecular complexity index is 1470. The van der Waals surface area contributed by atoms with Crippen LogP contribution in [0, 0.1) is 0 Å². The highest BCUT2D eigenvalue weighted by Crippen LogP contribution is 2.42. The second-order valence-corrected chi connectivity index (χ2v) is 11.1. The van der Waals surface area contributed by atoms with Crippen LogP contribution in [0.5, 0.6) is 5.75 Å². The van der Waals surface area contributed by atoms with Crippen LogP contribution in [0.2, 0.25) is 0 Å². The van der Waals surface area contributed by atoms with Crippen LogP contribution in [0.4, 0.5) is 42.5 Å². The van der Waals surface area contributed by atoms with E-state index in [2.05, 4.69) is 14.6 Å². The third-order valence-corrected chi connectivity index (χ3v) is 7.36. The molecule has 4 rings (SSSR count). The van der Waals surface area contributed by atoms with Crippen molar-refractivity contribution >= 4 is 35.2 Å². The number of imide groups is 1. The maximum atomic E-state index is 13.7. The predicted molar refractivity (Wildman–Crippen MR) is 148 cm³/mol. The maximum Gasteiger partial charge on any atom is 0.573 e. The molecule has 0 atom stereocenters. The number of ether oxygens (including phenoxy) is 1. The van der Waals surface area contributed by atoms with Gasteiger partial charge in [0.05, 0.1) is 17.9 Å². The van der Waals surface area contributed by atoms with Crippen molar-refractivity contribution < 1.29 is 55.1 Å². The number of amides is 4. The normalized spacial score (nSPS) is 18.0. The van der Waals surface area contributed by atoms with Gasteiger partial charge in [-0.3, -0.25) is 19.5 Å². The van der Waals surface area contributed by atoms with Gasteiger partial charge in [0.15, 0.2) is 5.75 Å². The zero-order valence-corrected chi connectivity index (χ0v) is 24.9. The van der Waals surface area contributed by atoms with Crippen LogP contribution in [0.15, 0.2) is 42.7 Å². The highest BCUT2D eigenvalue weighted by molar-refractivity contribution is 6.23. The summed E-state index contributed by atoms with van der Waals surface area (Å²) >= 11 is 0. The molecule has 2 aromatic rings. The number of likely N-dealkylation sites (N-methyl/N-ethyl adjacent to an activating group) is 1. The lowest BCUT2D eigenvalue weighted by molar-refractivity contribution is -0.274. The Morgan fingerprint density at radius 3 is 2.28 bits per heavy atom. The van der Waals surface area contributed by atoms with E-state index >= 15 is 0 Å². The molecule has 46 heavy (non-hydrogen) atoms. The maximum absolute atomic E-state index is 13.7. The van der Waals surface area contributed by atoms with Crippen LogP contribution in [0.3, 0.4) is 0 Å². The summed E-state index contributed by atoms with van der Waals surface area (Å²) in [5, 5.41) is -0.0177. The van der Waals surface area contributed by atoms with Gasteiger partial charge in [0.1, 0.15) is 5.54 Å². The number of halogens is 6. The largest absolute Gasteiger partial charge is 0.573 e. The minimum atomic E-state index is -5.55. The van der Waals surface area contributed by atoms with Crippen LogP contribution in [-0.4, -0.2) is 101 Å². The Hall–Kier alpha value is -4.45. The smallest absolute Gasteiger partial charge is 0.404 e. The number of carbonyl (C=O) groups excluding carboxylic acids is 4. The van der Waals surface area contributed by atoms with Gasteiger partial charge in [-0.25, -0.2) is 14.5 Å². The molecule has 0 radical (unpaired) electrons. The lowest BCUT2D eigenvalue weighted by Crippen LogP contribution is -2.45. The van der Waals surface area contributed by atoms with Crippen molar-refractivity contribution in [2.24, 2.45) is 0 Å². The minimum Gasteiger partial charge on any atom is -0.404 e. The van der Waals surface area contributed by atoms with Gasteiger partial charge < -0.3 is 19.4 Å². The molecule has 4 amide bonds. The molecule has 2 fully saturated rings. The van der Waals surface area contributed by atoms with E-state index in [9.17, 15) is 45.5 Å². The van der Waals surface area contributed by atoms with Gasteiger partial charge in [-0.2, -0.15) is 13.2 Å². The van der Waals surface area contributed by atoms with Gasteiger partial charge in [-0.1, -0.05) is 0 Å². The third kappa shape index (κ3) is 7.85. The average Bonchev–Trinajstić information content (AvgIpc) is 3.08. The van der Waals surface area contributed by atoms with E-state index in [1.165, 1.54) is 26.2 Å². The summed E-state index contributed by atoms with van der Waals surface area (Å²) in [4.78, 5) is 65.8. The molecule has 0 spiro atoms. The van der Waals surface area contributed by atoms with E-state index in [4.69, 9.17) is 0 Å². The Morgan fingerprint density at radius 2 is 1.65 bits per heavy atom. The van der Waals surface area contributed by atoms with Crippen LogP contribution in [0.1, 0.15) is 25.8 Å². The molecular formula is C28H30F6N6O6. The van der Waals surface area contributed by atoms with Crippen molar-refractivity contribution in [3.05, 3.63) is 48.3 Å². The highest BCUT2D eigenvalue weighted by atomic mass is 19.4. The standard InChI is InChI=1S/C28H30F6N6O6/c1-26(2)23(42)39(25(44)38(26)16-18-7-9-35-10-8-18)20-15-19(5-6-21(20)45-28(32,33)34)40(46-24(43)27(29,30)31)22(41)17-37-12-4-11-36(3)13-14-37/h5-10,15H,4,11-14,16-17H2,1-3H3. The summed E-state index contributed by atoms with van der Waals surface area (Å²) in [6.07, 6.45) is -7.40. The fourth-order valence-electron chi connectivity index (χ4n) is 4.90. The van der Waals surface area contributed by atoms with Crippen molar-refractivity contribution in [1.29, 1.82) is 0 Å². The van der Waals surface area contributed by atoms with E-state index in [1.807, 2.05) is 11.9 Å². The first-order valence-corrected chi connectivity index (χ1v) is 13.9. The molecular weight excluding hydrogens is 630 g/mol. The number of urea groups is 1. The molecule has 1 aromatic carbocycles. The molecule has 1 aromatic heterocycles. The summed E-state index contributed by atoms with van der Waals surface area (Å²) in [7, 11) is 1.84. The van der Waals surface area contributed by atoms with Crippen molar-refractivity contribution in [2.45, 2.75) is 44.9 Å². The lowest BCUT2D eigenvalue weighted by Gasteiger charge is -2.27. The van der Waals surface area contributed by atoms with Crippen LogP contribution in [0.25, 0.3) is 0 Å². The molecule has 0 saturated carbocycles. The van der Waals surface area contributed by atoms with Gasteiger partial charge in [0.25, 0.3) is 11.8 Å². The predicted octanol–water partition coefficient (Wildman–Crippen LogP) is 3.72. The number of aromatic nitrogens is 1. The van der Waals surface area contributed by atoms with E-state index in [-0.39, 0.29) is 11.6 Å². The Balaban J connectivity index is 1.77. The molecule has 2 aliphatic heterocycles. The molecule has 0 bridgehead atoms. The number of pyridine rings is 1. The third-order valence-electron chi connectivity index (χ3n) is 7.36. The fraction of sp³-hybridized carbons (Fsp3) is 0.464. The Kier molecular flexibility index (Phi) is 9.81. The number of benzene rings is 1. The second kappa shape index (κ2) is 13.1. The average molecular weight is 661 g/mol. The molecule has 2 aliphatic rings. The number of hydrogen-bond acceptors (Lipinski definition) is 9. The fourth-order valence-corrected chi connectivity index (χ4v) is 4.90. The first kappa shape index (κ1) is 34.4. The monoisotopic (exact) mass is 660 g/mol. The number of anilines is 2. The zero-order chi connectivity index (χ0) is 34.0. The van der Waals surface area contributed by atoms with Gasteiger partial charge >= 0.3 is 24.5 Å². The second-order valence-electron chi connectivity index (χ2n) is 11.1. The van der Waals surface area contributed by atoms with Crippen LogP contribution in [-0.2, 0) is 25.8 Å². The summed E-state index contributed by atoms with van der Waals surface area (Å²) in [5.74, 6) is -6.04. The molecule has 2 saturated heterocycles. The molecule has 12 nitrogen and oxygen atoms in total. The number of alkyl halides is 6. The summed E-state index contributed by atoms with van der Waals surface area (Å²) in [5.41, 5.74) is -2.62. The van der Waals surface area contributed by atoms with Crippen LogP contribution >= 0.6 is 0 Å². The molecule has 3 heterocycles. The van der Waals surface area contributed by atoms with Gasteiger partial charge in [-0.15, -0.1) is 18.2 Å². The molecule has 0 N–H and O–H groups in total. The summed E-state index contributed by atoms with van der Waals surface area (Å²) in [6.45, 7) is 3.94. The number of nitrogens with zero attached hydrogens (tertiary/aromatic N) is 6. The topological polar surface area (TPSA) is 116 Å². The SMILES string of the molecule is CN1CCCN(CC(=O)N(OC(=O)C(F)(F)F)c2ccc(OC(F)(F)F)c(N3C(=O)N(Cc4ccncc4)C(C)(C)C3=O)c2)CC1. The van der Waals surface area contributed by atoms with Crippen molar-refractivity contribution in [3.63, 3.8) is 0 Å². The van der Waals surface area contributed by atoms with E-state index in [0.29, 0.717) is 55.2 Å². The van der Waals surface area contributed by atoms with E-state index in [1.54, 1.807) is 17.0 Å². The Morgan fingerprint density at radius 1 is 0.978 bits per heavy atom.